The second kappa shape index (κ2) is 9.31. The number of nitrogens with zero attached hydrogens (tertiary/aromatic N) is 2. The van der Waals surface area contributed by atoms with Gasteiger partial charge in [-0.15, -0.1) is 0 Å². The molecule has 0 atom stereocenters. The normalized spacial score (nSPS) is 11.3. The van der Waals surface area contributed by atoms with Crippen molar-refractivity contribution in [2.75, 3.05) is 0 Å². The molecule has 31 heavy (non-hydrogen) atoms. The van der Waals surface area contributed by atoms with Crippen molar-refractivity contribution in [3.05, 3.63) is 105 Å². The monoisotopic (exact) mass is 473 g/mol. The second-order valence-electron chi connectivity index (χ2n) is 7.76. The van der Waals surface area contributed by atoms with E-state index in [1.54, 1.807) is 6.21 Å². The Morgan fingerprint density at radius 3 is 2.61 bits per heavy atom. The Labute approximate surface area is 190 Å². The van der Waals surface area contributed by atoms with Crippen LogP contribution >= 0.6 is 15.9 Å². The number of aromatic nitrogens is 1. The van der Waals surface area contributed by atoms with E-state index < -0.39 is 0 Å². The van der Waals surface area contributed by atoms with Crippen LogP contribution in [-0.2, 0) is 17.8 Å². The van der Waals surface area contributed by atoms with Crippen LogP contribution in [0.15, 0.2) is 82.5 Å². The van der Waals surface area contributed by atoms with Gasteiger partial charge in [-0.2, -0.15) is 5.10 Å². The third-order valence-corrected chi connectivity index (χ3v) is 5.86. The summed E-state index contributed by atoms with van der Waals surface area (Å²) >= 11 is 3.48. The number of carbonyl (C=O) groups is 1. The molecule has 0 unspecified atom stereocenters. The molecule has 156 valence electrons. The van der Waals surface area contributed by atoms with E-state index >= 15 is 0 Å². The van der Waals surface area contributed by atoms with Gasteiger partial charge in [0.1, 0.15) is 0 Å². The maximum Gasteiger partial charge on any atom is 0.244 e. The number of amides is 1. The van der Waals surface area contributed by atoms with Crippen LogP contribution in [0.3, 0.4) is 0 Å². The molecule has 0 bridgehead atoms. The molecule has 0 aliphatic heterocycles. The standard InChI is InChI=1S/C26H24BrN3O/c1-18-7-10-21(19(2)13-18)14-26(31)29-28-15-22-17-30(25-6-4-3-5-24(22)25)16-20-8-11-23(27)12-9-20/h3-13,15,17H,14,16H2,1-2H3,(H,29,31)/b28-15-. The number of rotatable bonds is 6. The van der Waals surface area contributed by atoms with Gasteiger partial charge in [-0.25, -0.2) is 5.43 Å². The lowest BCUT2D eigenvalue weighted by Gasteiger charge is -2.05. The van der Waals surface area contributed by atoms with Crippen molar-refractivity contribution >= 4 is 39.0 Å². The fourth-order valence-corrected chi connectivity index (χ4v) is 3.99. The largest absolute Gasteiger partial charge is 0.342 e. The molecule has 0 aliphatic rings. The highest BCUT2D eigenvalue weighted by molar-refractivity contribution is 9.10. The fraction of sp³-hybridized carbons (Fsp3) is 0.154. The average molecular weight is 474 g/mol. The van der Waals surface area contributed by atoms with Crippen molar-refractivity contribution in [3.8, 4) is 0 Å². The van der Waals surface area contributed by atoms with Crippen LogP contribution < -0.4 is 5.43 Å². The van der Waals surface area contributed by atoms with E-state index in [2.05, 4.69) is 79.7 Å². The Hall–Kier alpha value is -3.18. The zero-order chi connectivity index (χ0) is 21.8. The lowest BCUT2D eigenvalue weighted by atomic mass is 10.0. The minimum atomic E-state index is -0.123. The van der Waals surface area contributed by atoms with Crippen molar-refractivity contribution in [2.45, 2.75) is 26.8 Å². The fourth-order valence-electron chi connectivity index (χ4n) is 3.73. The summed E-state index contributed by atoms with van der Waals surface area (Å²) in [4.78, 5) is 12.3. The van der Waals surface area contributed by atoms with Gasteiger partial charge in [0.25, 0.3) is 0 Å². The number of fused-ring (bicyclic) bond motifs is 1. The molecule has 1 amide bonds. The first kappa shape index (κ1) is 21.1. The summed E-state index contributed by atoms with van der Waals surface area (Å²) in [5, 5.41) is 5.33. The maximum absolute atomic E-state index is 12.3. The van der Waals surface area contributed by atoms with Crippen LogP contribution in [0.4, 0.5) is 0 Å². The molecule has 4 nitrogen and oxygen atoms in total. The summed E-state index contributed by atoms with van der Waals surface area (Å²) in [6, 6.07) is 22.7. The summed E-state index contributed by atoms with van der Waals surface area (Å²) in [5.41, 5.74) is 9.32. The molecular formula is C26H24BrN3O. The Morgan fingerprint density at radius 1 is 1.06 bits per heavy atom. The summed E-state index contributed by atoms with van der Waals surface area (Å²) in [7, 11) is 0. The van der Waals surface area contributed by atoms with Gasteiger partial charge in [-0.3, -0.25) is 4.79 Å². The van der Waals surface area contributed by atoms with Gasteiger partial charge >= 0.3 is 0 Å². The predicted octanol–water partition coefficient (Wildman–Crippen LogP) is 5.76. The van der Waals surface area contributed by atoms with Crippen molar-refractivity contribution < 1.29 is 4.79 Å². The highest BCUT2D eigenvalue weighted by Gasteiger charge is 2.08. The van der Waals surface area contributed by atoms with Crippen molar-refractivity contribution in [2.24, 2.45) is 5.10 Å². The zero-order valence-electron chi connectivity index (χ0n) is 17.6. The number of hydrogen-bond donors (Lipinski definition) is 1. The Bertz CT molecular complexity index is 1260. The molecule has 1 heterocycles. The van der Waals surface area contributed by atoms with Crippen molar-refractivity contribution in [1.82, 2.24) is 9.99 Å². The molecule has 1 aromatic heterocycles. The Kier molecular flexibility index (Phi) is 6.33. The van der Waals surface area contributed by atoms with Crippen LogP contribution in [0.1, 0.15) is 27.8 Å². The van der Waals surface area contributed by atoms with Crippen molar-refractivity contribution in [1.29, 1.82) is 0 Å². The molecule has 0 fully saturated rings. The molecule has 0 aliphatic carbocycles. The van der Waals surface area contributed by atoms with Gasteiger partial charge in [-0.05, 0) is 48.7 Å². The molecule has 4 aromatic rings. The summed E-state index contributed by atoms with van der Waals surface area (Å²) < 4.78 is 3.27. The number of hydrogen-bond acceptors (Lipinski definition) is 2. The van der Waals surface area contributed by atoms with Crippen LogP contribution in [0.5, 0.6) is 0 Å². The molecule has 3 aromatic carbocycles. The number of carbonyl (C=O) groups excluding carboxylic acids is 1. The minimum absolute atomic E-state index is 0.123. The van der Waals surface area contributed by atoms with Gasteiger partial charge in [0.15, 0.2) is 0 Å². The van der Waals surface area contributed by atoms with Gasteiger partial charge in [-0.1, -0.05) is 70.0 Å². The summed E-state index contributed by atoms with van der Waals surface area (Å²) in [5.74, 6) is -0.123. The molecular weight excluding hydrogens is 450 g/mol. The summed E-state index contributed by atoms with van der Waals surface area (Å²) in [6.45, 7) is 4.84. The van der Waals surface area contributed by atoms with Gasteiger partial charge in [0.05, 0.1) is 12.6 Å². The first-order valence-electron chi connectivity index (χ1n) is 10.2. The third-order valence-electron chi connectivity index (χ3n) is 5.33. The number of aryl methyl sites for hydroxylation is 2. The van der Waals surface area contributed by atoms with E-state index in [0.29, 0.717) is 6.42 Å². The van der Waals surface area contributed by atoms with Crippen LogP contribution in [0, 0.1) is 13.8 Å². The van der Waals surface area contributed by atoms with Crippen LogP contribution in [0.2, 0.25) is 0 Å². The number of nitrogens with one attached hydrogen (secondary N) is 1. The zero-order valence-corrected chi connectivity index (χ0v) is 19.2. The first-order valence-corrected chi connectivity index (χ1v) is 11.0. The Morgan fingerprint density at radius 2 is 1.84 bits per heavy atom. The maximum atomic E-state index is 12.3. The average Bonchev–Trinajstić information content (AvgIpc) is 3.09. The molecule has 0 saturated carbocycles. The second-order valence-corrected chi connectivity index (χ2v) is 8.67. The molecule has 0 radical (unpaired) electrons. The number of benzene rings is 3. The highest BCUT2D eigenvalue weighted by atomic mass is 79.9. The minimum Gasteiger partial charge on any atom is -0.342 e. The van der Waals surface area contributed by atoms with Crippen LogP contribution in [-0.4, -0.2) is 16.7 Å². The van der Waals surface area contributed by atoms with E-state index in [0.717, 1.165) is 38.6 Å². The van der Waals surface area contributed by atoms with E-state index in [1.807, 2.05) is 38.1 Å². The number of halogens is 1. The predicted molar refractivity (Wildman–Crippen MR) is 131 cm³/mol. The van der Waals surface area contributed by atoms with Crippen molar-refractivity contribution in [3.63, 3.8) is 0 Å². The Balaban J connectivity index is 1.49. The van der Waals surface area contributed by atoms with Gasteiger partial charge in [0, 0.05) is 33.7 Å². The lowest BCUT2D eigenvalue weighted by molar-refractivity contribution is -0.120. The van der Waals surface area contributed by atoms with Gasteiger partial charge < -0.3 is 4.57 Å². The van der Waals surface area contributed by atoms with E-state index in [4.69, 9.17) is 0 Å². The molecule has 0 saturated heterocycles. The first-order chi connectivity index (χ1) is 15.0. The van der Waals surface area contributed by atoms with E-state index in [1.165, 1.54) is 11.1 Å². The van der Waals surface area contributed by atoms with E-state index in [9.17, 15) is 4.79 Å². The molecule has 4 rings (SSSR count). The van der Waals surface area contributed by atoms with Gasteiger partial charge in [0.2, 0.25) is 5.91 Å². The molecule has 0 spiro atoms. The smallest absolute Gasteiger partial charge is 0.244 e. The number of hydrazone groups is 1. The van der Waals surface area contributed by atoms with Crippen LogP contribution in [0.25, 0.3) is 10.9 Å². The third kappa shape index (κ3) is 5.12. The quantitative estimate of drug-likeness (QED) is 0.280. The molecule has 1 N–H and O–H groups in total. The number of para-hydroxylation sites is 1. The topological polar surface area (TPSA) is 46.4 Å². The highest BCUT2D eigenvalue weighted by Crippen LogP contribution is 2.22. The lowest BCUT2D eigenvalue weighted by Crippen LogP contribution is -2.20. The SMILES string of the molecule is Cc1ccc(CC(=O)N/N=C\c2cn(Cc3ccc(Br)cc3)c3ccccc23)c(C)c1. The summed E-state index contributed by atoms with van der Waals surface area (Å²) in [6.07, 6.45) is 4.11. The van der Waals surface area contributed by atoms with E-state index in [-0.39, 0.29) is 5.91 Å². The molecule has 5 heteroatoms.